The van der Waals surface area contributed by atoms with E-state index in [1.165, 1.54) is 20.3 Å². The van der Waals surface area contributed by atoms with Crippen LogP contribution in [0.2, 0.25) is 0 Å². The van der Waals surface area contributed by atoms with E-state index in [4.69, 9.17) is 9.47 Å². The summed E-state index contributed by atoms with van der Waals surface area (Å²) in [5, 5.41) is 14.6. The highest BCUT2D eigenvalue weighted by Crippen LogP contribution is 2.48. The molecule has 1 heterocycles. The van der Waals surface area contributed by atoms with Crippen LogP contribution in [-0.4, -0.2) is 47.9 Å². The maximum Gasteiger partial charge on any atom is 0.439 e. The van der Waals surface area contributed by atoms with Gasteiger partial charge in [-0.05, 0) is 37.0 Å². The van der Waals surface area contributed by atoms with Gasteiger partial charge in [-0.1, -0.05) is 12.5 Å². The van der Waals surface area contributed by atoms with Gasteiger partial charge in [0.15, 0.2) is 11.5 Å². The van der Waals surface area contributed by atoms with Crippen LogP contribution in [0, 0.1) is 5.92 Å². The maximum atomic E-state index is 13.7. The van der Waals surface area contributed by atoms with E-state index in [-0.39, 0.29) is 23.6 Å². The minimum absolute atomic E-state index is 0.148. The Bertz CT molecular complexity index is 765. The second-order valence-corrected chi connectivity index (χ2v) is 6.69. The van der Waals surface area contributed by atoms with Crippen molar-refractivity contribution in [2.24, 2.45) is 11.0 Å². The highest BCUT2D eigenvalue weighted by atomic mass is 19.4. The van der Waals surface area contributed by atoms with Crippen molar-refractivity contribution in [3.63, 3.8) is 0 Å². The average Bonchev–Trinajstić information content (AvgIpc) is 2.96. The van der Waals surface area contributed by atoms with E-state index < -0.39 is 23.7 Å². The molecule has 0 saturated heterocycles. The lowest BCUT2D eigenvalue weighted by Gasteiger charge is -2.38. The van der Waals surface area contributed by atoms with Crippen LogP contribution in [0.3, 0.4) is 0 Å². The van der Waals surface area contributed by atoms with E-state index in [9.17, 15) is 23.1 Å². The molecule has 1 fully saturated rings. The van der Waals surface area contributed by atoms with Crippen molar-refractivity contribution in [3.05, 3.63) is 23.8 Å². The number of ether oxygens (including phenoxy) is 2. The third-order valence-corrected chi connectivity index (χ3v) is 5.07. The number of methoxy groups -OCH3 is 2. The first-order valence-electron chi connectivity index (χ1n) is 8.62. The molecule has 3 rings (SSSR count). The van der Waals surface area contributed by atoms with Gasteiger partial charge in [-0.2, -0.15) is 23.3 Å². The molecular formula is C18H21F3N2O4. The van der Waals surface area contributed by atoms with Gasteiger partial charge in [0.1, 0.15) is 0 Å². The Kier molecular flexibility index (Phi) is 5.07. The zero-order chi connectivity index (χ0) is 19.8. The van der Waals surface area contributed by atoms with Crippen molar-refractivity contribution in [3.8, 4) is 11.5 Å². The van der Waals surface area contributed by atoms with Gasteiger partial charge in [0, 0.05) is 5.71 Å². The minimum atomic E-state index is -5.01. The topological polar surface area (TPSA) is 71.4 Å². The number of rotatable bonds is 4. The van der Waals surface area contributed by atoms with Crippen molar-refractivity contribution < 1.29 is 32.5 Å². The summed E-state index contributed by atoms with van der Waals surface area (Å²) in [4.78, 5) is 12.7. The summed E-state index contributed by atoms with van der Waals surface area (Å²) in [6.07, 6.45) is -3.62. The summed E-state index contributed by atoms with van der Waals surface area (Å²) in [6, 6.07) is 4.63. The maximum absolute atomic E-state index is 13.7. The number of alkyl halides is 3. The molecule has 2 atom stereocenters. The van der Waals surface area contributed by atoms with E-state index in [0.717, 1.165) is 0 Å². The first-order chi connectivity index (χ1) is 12.7. The second kappa shape index (κ2) is 7.03. The molecule has 1 aromatic rings. The molecule has 0 unspecified atom stereocenters. The number of aliphatic hydroxyl groups is 1. The number of carbonyl (C=O) groups excluding carboxylic acids is 1. The van der Waals surface area contributed by atoms with Crippen LogP contribution in [0.4, 0.5) is 13.2 Å². The SMILES string of the molecule is COc1ccc(CC(=O)N2N=C3CCCC[C@H]3[C@@]2(O)C(F)(F)F)cc1OC. The fourth-order valence-electron chi connectivity index (χ4n) is 3.70. The molecule has 0 aromatic heterocycles. The van der Waals surface area contributed by atoms with Crippen LogP contribution in [-0.2, 0) is 11.2 Å². The Balaban J connectivity index is 1.89. The van der Waals surface area contributed by atoms with Gasteiger partial charge in [-0.25, -0.2) is 0 Å². The first kappa shape index (κ1) is 19.5. The summed E-state index contributed by atoms with van der Waals surface area (Å²) in [7, 11) is 2.87. The Labute approximate surface area is 154 Å². The van der Waals surface area contributed by atoms with E-state index in [2.05, 4.69) is 5.10 Å². The van der Waals surface area contributed by atoms with Crippen molar-refractivity contribution in [2.45, 2.75) is 44.0 Å². The van der Waals surface area contributed by atoms with Gasteiger partial charge in [0.2, 0.25) is 5.91 Å². The predicted octanol–water partition coefficient (Wildman–Crippen LogP) is 2.89. The molecule has 1 aliphatic heterocycles. The number of carbonyl (C=O) groups is 1. The Morgan fingerprint density at radius 1 is 1.30 bits per heavy atom. The van der Waals surface area contributed by atoms with Crippen LogP contribution in [0.1, 0.15) is 31.2 Å². The fraction of sp³-hybridized carbons (Fsp3) is 0.556. The van der Waals surface area contributed by atoms with E-state index in [0.29, 0.717) is 36.3 Å². The molecular weight excluding hydrogens is 365 g/mol. The van der Waals surface area contributed by atoms with E-state index in [1.54, 1.807) is 12.1 Å². The van der Waals surface area contributed by atoms with E-state index >= 15 is 0 Å². The molecule has 1 saturated carbocycles. The van der Waals surface area contributed by atoms with Gasteiger partial charge in [0.25, 0.3) is 5.72 Å². The Morgan fingerprint density at radius 2 is 2.00 bits per heavy atom. The Morgan fingerprint density at radius 3 is 2.63 bits per heavy atom. The summed E-state index contributed by atoms with van der Waals surface area (Å²) in [6.45, 7) is 0. The highest BCUT2D eigenvalue weighted by Gasteiger charge is 2.68. The number of nitrogens with zero attached hydrogens (tertiary/aromatic N) is 2. The summed E-state index contributed by atoms with van der Waals surface area (Å²) in [5.41, 5.74) is -2.63. The lowest BCUT2D eigenvalue weighted by atomic mass is 9.80. The normalized spacial score (nSPS) is 25.0. The number of fused-ring (bicyclic) bond motifs is 1. The molecule has 27 heavy (non-hydrogen) atoms. The zero-order valence-electron chi connectivity index (χ0n) is 15.0. The van der Waals surface area contributed by atoms with Gasteiger partial charge in [0.05, 0.1) is 26.6 Å². The monoisotopic (exact) mass is 386 g/mol. The van der Waals surface area contributed by atoms with Crippen molar-refractivity contribution >= 4 is 11.6 Å². The highest BCUT2D eigenvalue weighted by molar-refractivity contribution is 5.93. The number of benzene rings is 1. The van der Waals surface area contributed by atoms with Crippen LogP contribution in [0.25, 0.3) is 0 Å². The number of hydrazone groups is 1. The summed E-state index contributed by atoms with van der Waals surface area (Å²) in [5.74, 6) is -1.34. The number of halogens is 3. The van der Waals surface area contributed by atoms with Crippen molar-refractivity contribution in [2.75, 3.05) is 14.2 Å². The largest absolute Gasteiger partial charge is 0.493 e. The molecule has 1 N–H and O–H groups in total. The molecule has 0 spiro atoms. The lowest BCUT2D eigenvalue weighted by molar-refractivity contribution is -0.317. The van der Waals surface area contributed by atoms with Crippen LogP contribution < -0.4 is 9.47 Å². The lowest BCUT2D eigenvalue weighted by Crippen LogP contribution is -2.61. The van der Waals surface area contributed by atoms with Gasteiger partial charge in [-0.3, -0.25) is 4.79 Å². The van der Waals surface area contributed by atoms with Crippen LogP contribution >= 0.6 is 0 Å². The number of hydrogen-bond donors (Lipinski definition) is 1. The third kappa shape index (κ3) is 3.24. The smallest absolute Gasteiger partial charge is 0.439 e. The summed E-state index contributed by atoms with van der Waals surface area (Å²) < 4.78 is 51.4. The quantitative estimate of drug-likeness (QED) is 0.864. The van der Waals surface area contributed by atoms with E-state index in [1.807, 2.05) is 0 Å². The standard InChI is InChI=1S/C18H21F3N2O4/c1-26-14-8-7-11(9-15(14)27-2)10-16(24)23-17(25,18(19,20)21)12-5-3-4-6-13(12)22-23/h7-9,12,25H,3-6,10H2,1-2H3/t12-,17-/m1/s1. The minimum Gasteiger partial charge on any atom is -0.493 e. The molecule has 0 radical (unpaired) electrons. The molecule has 148 valence electrons. The fourth-order valence-corrected chi connectivity index (χ4v) is 3.70. The molecule has 0 bridgehead atoms. The summed E-state index contributed by atoms with van der Waals surface area (Å²) >= 11 is 0. The zero-order valence-corrected chi connectivity index (χ0v) is 15.0. The van der Waals surface area contributed by atoms with Crippen molar-refractivity contribution in [1.82, 2.24) is 5.01 Å². The molecule has 1 aromatic carbocycles. The Hall–Kier alpha value is -2.29. The van der Waals surface area contributed by atoms with Gasteiger partial charge < -0.3 is 14.6 Å². The molecule has 1 amide bonds. The third-order valence-electron chi connectivity index (χ3n) is 5.07. The number of hydrogen-bond acceptors (Lipinski definition) is 5. The predicted molar refractivity (Wildman–Crippen MR) is 90.5 cm³/mol. The molecule has 9 heteroatoms. The van der Waals surface area contributed by atoms with Gasteiger partial charge in [-0.15, -0.1) is 0 Å². The van der Waals surface area contributed by atoms with Crippen LogP contribution in [0.15, 0.2) is 23.3 Å². The van der Waals surface area contributed by atoms with Gasteiger partial charge >= 0.3 is 6.18 Å². The number of amides is 1. The molecule has 2 aliphatic rings. The molecule has 6 nitrogen and oxygen atoms in total. The van der Waals surface area contributed by atoms with Crippen LogP contribution in [0.5, 0.6) is 11.5 Å². The first-order valence-corrected chi connectivity index (χ1v) is 8.62. The second-order valence-electron chi connectivity index (χ2n) is 6.69. The average molecular weight is 386 g/mol. The molecule has 1 aliphatic carbocycles. The van der Waals surface area contributed by atoms with Crippen molar-refractivity contribution in [1.29, 1.82) is 0 Å².